The van der Waals surface area contributed by atoms with Gasteiger partial charge in [0.2, 0.25) is 41.4 Å². The number of rotatable bonds is 21. The van der Waals surface area contributed by atoms with Crippen LogP contribution in [-0.4, -0.2) is 197 Å². The number of hydrogen-bond acceptors (Lipinski definition) is 17. The Labute approximate surface area is 518 Å². The molecule has 1 aliphatic carbocycles. The van der Waals surface area contributed by atoms with Gasteiger partial charge in [0.25, 0.3) is 5.91 Å². The van der Waals surface area contributed by atoms with Crippen LogP contribution in [0.25, 0.3) is 22.3 Å². The molecule has 8 amide bonds. The van der Waals surface area contributed by atoms with Gasteiger partial charge in [-0.15, -0.1) is 0 Å². The second-order valence-corrected chi connectivity index (χ2v) is 23.3. The average Bonchev–Trinajstić information content (AvgIpc) is 3.64. The second kappa shape index (κ2) is 33.3. The molecule has 0 saturated carbocycles. The van der Waals surface area contributed by atoms with Crippen LogP contribution < -0.4 is 36.6 Å². The summed E-state index contributed by atoms with van der Waals surface area (Å²) < 4.78 is 5.85. The summed E-state index contributed by atoms with van der Waals surface area (Å²) in [6, 6.07) is 10.5. The highest BCUT2D eigenvalue weighted by molar-refractivity contribution is 6.01. The number of ketones is 1. The fraction of sp³-hybridized carbons (Fsp3) is 0.547. The van der Waals surface area contributed by atoms with Gasteiger partial charge in [-0.3, -0.25) is 43.2 Å². The maximum Gasteiger partial charge on any atom is 0.251 e. The van der Waals surface area contributed by atoms with E-state index in [9.17, 15) is 78.9 Å². The fourth-order valence-electron chi connectivity index (χ4n) is 10.9. The molecule has 6 rings (SSSR count). The molecule has 14 unspecified atom stereocenters. The first-order valence-corrected chi connectivity index (χ1v) is 30.8. The molecule has 89 heavy (non-hydrogen) atoms. The number of Topliss-reactive ketones (excluding diaryl/α,β-unsaturated/α-hetero) is 1. The lowest BCUT2D eigenvalue weighted by Crippen LogP contribution is -2.65. The summed E-state index contributed by atoms with van der Waals surface area (Å²) in [7, 11) is 0. The van der Waals surface area contributed by atoms with E-state index in [0.717, 1.165) is 83.8 Å². The molecule has 2 saturated heterocycles. The summed E-state index contributed by atoms with van der Waals surface area (Å²) in [5, 5.41) is 94.1. The van der Waals surface area contributed by atoms with Crippen molar-refractivity contribution in [3.8, 4) is 28.0 Å². The predicted molar refractivity (Wildman–Crippen MR) is 325 cm³/mol. The molecule has 14 atom stereocenters. The van der Waals surface area contributed by atoms with Gasteiger partial charge in [-0.2, -0.15) is 0 Å². The molecule has 486 valence electrons. The van der Waals surface area contributed by atoms with Crippen molar-refractivity contribution in [2.24, 2.45) is 5.92 Å². The normalized spacial score (nSPS) is 25.8. The number of benzene rings is 3. The molecule has 3 aromatic rings. The van der Waals surface area contributed by atoms with E-state index in [-0.39, 0.29) is 43.5 Å². The summed E-state index contributed by atoms with van der Waals surface area (Å²) in [6.07, 6.45) is -8.50. The van der Waals surface area contributed by atoms with E-state index in [4.69, 9.17) is 4.74 Å². The number of amides is 8. The van der Waals surface area contributed by atoms with Gasteiger partial charge in [0.05, 0.1) is 36.7 Å². The topological polar surface area (TPSA) is 383 Å². The minimum Gasteiger partial charge on any atom is -0.494 e. The third-order valence-electron chi connectivity index (χ3n) is 16.3. The van der Waals surface area contributed by atoms with E-state index >= 15 is 0 Å². The molecular formula is C64H88N8O17. The van der Waals surface area contributed by atoms with Crippen molar-refractivity contribution in [2.75, 3.05) is 19.7 Å². The van der Waals surface area contributed by atoms with E-state index in [0.29, 0.717) is 13.0 Å². The molecule has 0 radical (unpaired) electrons. The van der Waals surface area contributed by atoms with E-state index in [2.05, 4.69) is 38.8 Å². The fourth-order valence-corrected chi connectivity index (χ4v) is 10.9. The van der Waals surface area contributed by atoms with Crippen molar-refractivity contribution < 1.29 is 83.6 Å². The van der Waals surface area contributed by atoms with Crippen LogP contribution in [0.3, 0.4) is 0 Å². The number of fused-ring (bicyclic) bond motifs is 1. The number of nitrogens with zero attached hydrogens (tertiary/aromatic N) is 2. The molecular weight excluding hydrogens is 1150 g/mol. The number of carbonyl (C=O) groups is 9. The molecule has 25 nitrogen and oxygen atoms in total. The van der Waals surface area contributed by atoms with E-state index in [1.165, 1.54) is 25.1 Å². The summed E-state index contributed by atoms with van der Waals surface area (Å²) in [5.74, 6) is -9.36. The number of hydrogen-bond donors (Lipinski definition) is 13. The number of aliphatic hydroxyl groups is 7. The van der Waals surface area contributed by atoms with Gasteiger partial charge in [-0.05, 0) is 93.0 Å². The van der Waals surface area contributed by atoms with Gasteiger partial charge in [0.1, 0.15) is 54.2 Å². The summed E-state index contributed by atoms with van der Waals surface area (Å²) in [6.45, 7) is 9.03. The second-order valence-electron chi connectivity index (χ2n) is 23.3. The quantitative estimate of drug-likeness (QED) is 0.0661. The Morgan fingerprint density at radius 2 is 1.19 bits per heavy atom. The Kier molecular flexibility index (Phi) is 26.3. The highest BCUT2D eigenvalue weighted by atomic mass is 16.5. The SMILES string of the molecule is CCCCCOc1ccc(-c2ccc(-c3ccc(C(=O)NC4CC(O)C(O)NC(=O)C(C)N(CCC)C(=O)C(C(C)O)NC(=O)C(C(O)C(O)C5C=C(NC(=O)CCCCC)C(=O)CC5)NC(=O)C5CC(O)CN5C(=O)C(C(C)O)NC4=O)cc3)cc2)cc1. The Bertz CT molecular complexity index is 2960. The lowest BCUT2D eigenvalue weighted by atomic mass is 9.84. The van der Waals surface area contributed by atoms with Gasteiger partial charge < -0.3 is 82.2 Å². The molecule has 2 aliphatic heterocycles. The van der Waals surface area contributed by atoms with Crippen molar-refractivity contribution in [3.63, 3.8) is 0 Å². The number of unbranched alkanes of at least 4 members (excludes halogenated alkanes) is 4. The predicted octanol–water partition coefficient (Wildman–Crippen LogP) is 0.973. The molecule has 25 heteroatoms. The molecule has 0 aromatic heterocycles. The van der Waals surface area contributed by atoms with Gasteiger partial charge in [0.15, 0.2) is 12.0 Å². The van der Waals surface area contributed by atoms with Gasteiger partial charge >= 0.3 is 0 Å². The summed E-state index contributed by atoms with van der Waals surface area (Å²) in [5.41, 5.74) is 3.31. The Morgan fingerprint density at radius 1 is 0.640 bits per heavy atom. The van der Waals surface area contributed by atoms with Crippen molar-refractivity contribution >= 4 is 53.0 Å². The van der Waals surface area contributed by atoms with Crippen molar-refractivity contribution in [1.82, 2.24) is 41.7 Å². The first-order chi connectivity index (χ1) is 42.4. The summed E-state index contributed by atoms with van der Waals surface area (Å²) in [4.78, 5) is 128. The highest BCUT2D eigenvalue weighted by Crippen LogP contribution is 2.29. The number of nitrogens with one attached hydrogen (secondary N) is 6. The number of carbonyl (C=O) groups excluding carboxylic acids is 9. The van der Waals surface area contributed by atoms with E-state index < -0.39 is 157 Å². The van der Waals surface area contributed by atoms with Crippen LogP contribution in [0.5, 0.6) is 5.75 Å². The maximum absolute atomic E-state index is 14.6. The molecule has 13 N–H and O–H groups in total. The van der Waals surface area contributed by atoms with E-state index in [1.807, 2.05) is 55.5 Å². The highest BCUT2D eigenvalue weighted by Gasteiger charge is 2.47. The molecule has 0 spiro atoms. The Morgan fingerprint density at radius 3 is 1.78 bits per heavy atom. The first kappa shape index (κ1) is 70.4. The standard InChI is InChI=1S/C64H88N8O17/c1-7-10-12-14-51(78)65-46-31-43(25-28-49(46)76)55(79)56(80)54-62(86)68-52(36(5)73)63(87)71(29-9-3)35(4)57(81)70-61(85)50(77)33-47(59(83)67-53(37(6)74)64(88)72-34-44(75)32-48(72)60(84)69-54)66-58(82)42-21-19-40(20-22-42)38-15-17-39(18-16-38)41-23-26-45(27-24-41)89-30-13-11-8-2/h15-24,26-27,31,35-37,43-44,47-48,50,52-56,61,73-75,77,79-80,85H,7-14,25,28-30,32-34H2,1-6H3,(H,65,78)(H,66,82)(H,67,83)(H,68,86)(H,69,84)(H,70,81). The van der Waals surface area contributed by atoms with E-state index in [1.54, 1.807) is 19.1 Å². The molecule has 3 aromatic carbocycles. The average molecular weight is 1240 g/mol. The third kappa shape index (κ3) is 18.9. The van der Waals surface area contributed by atoms with Crippen LogP contribution in [0.4, 0.5) is 0 Å². The summed E-state index contributed by atoms with van der Waals surface area (Å²) >= 11 is 0. The van der Waals surface area contributed by atoms with Crippen LogP contribution in [0.15, 0.2) is 84.6 Å². The Balaban J connectivity index is 1.30. The van der Waals surface area contributed by atoms with Crippen LogP contribution in [0, 0.1) is 5.92 Å². The van der Waals surface area contributed by atoms with Crippen LogP contribution in [0.1, 0.15) is 129 Å². The minimum atomic E-state index is -2.32. The van der Waals surface area contributed by atoms with Gasteiger partial charge in [0, 0.05) is 50.3 Å². The maximum atomic E-state index is 14.6. The number of allylic oxidation sites excluding steroid dienone is 1. The Hall–Kier alpha value is -7.65. The van der Waals surface area contributed by atoms with Crippen molar-refractivity contribution in [3.05, 3.63) is 90.1 Å². The monoisotopic (exact) mass is 1240 g/mol. The third-order valence-corrected chi connectivity index (χ3v) is 16.3. The first-order valence-electron chi connectivity index (χ1n) is 30.8. The zero-order valence-corrected chi connectivity index (χ0v) is 51.3. The van der Waals surface area contributed by atoms with Crippen LogP contribution in [0.2, 0.25) is 0 Å². The zero-order chi connectivity index (χ0) is 65.2. The van der Waals surface area contributed by atoms with Gasteiger partial charge in [-0.1, -0.05) is 101 Å². The lowest BCUT2D eigenvalue weighted by Gasteiger charge is -2.36. The molecule has 0 bridgehead atoms. The smallest absolute Gasteiger partial charge is 0.251 e. The van der Waals surface area contributed by atoms with Crippen molar-refractivity contribution in [1.29, 1.82) is 0 Å². The largest absolute Gasteiger partial charge is 0.494 e. The van der Waals surface area contributed by atoms with Crippen LogP contribution in [-0.2, 0) is 38.4 Å². The van der Waals surface area contributed by atoms with Gasteiger partial charge in [-0.25, -0.2) is 0 Å². The number of aliphatic hydroxyl groups excluding tert-OH is 7. The molecule has 2 heterocycles. The number of ether oxygens (including phenoxy) is 1. The molecule has 3 aliphatic rings. The zero-order valence-electron chi connectivity index (χ0n) is 51.3. The minimum absolute atomic E-state index is 0.0228. The van der Waals surface area contributed by atoms with Crippen LogP contribution >= 0.6 is 0 Å². The lowest BCUT2D eigenvalue weighted by molar-refractivity contribution is -0.148. The molecule has 2 fully saturated rings. The van der Waals surface area contributed by atoms with Crippen molar-refractivity contribution in [2.45, 2.75) is 198 Å².